The number of amides is 1. The number of carbonyl (C=O) groups excluding carboxylic acids is 1. The molecule has 2 aromatic heterocycles. The molecule has 6 nitrogen and oxygen atoms in total. The second-order valence-corrected chi connectivity index (χ2v) is 8.62. The Balaban J connectivity index is 1.55. The van der Waals surface area contributed by atoms with E-state index in [4.69, 9.17) is 0 Å². The average Bonchev–Trinajstić information content (AvgIpc) is 3.36. The van der Waals surface area contributed by atoms with Gasteiger partial charge in [0.2, 0.25) is 0 Å². The van der Waals surface area contributed by atoms with Gasteiger partial charge in [-0.3, -0.25) is 14.2 Å². The lowest BCUT2D eigenvalue weighted by Crippen LogP contribution is -2.13. The highest BCUT2D eigenvalue weighted by atomic mass is 19.4. The smallest absolute Gasteiger partial charge is 0.322 e. The van der Waals surface area contributed by atoms with Gasteiger partial charge in [-0.2, -0.15) is 18.4 Å². The highest BCUT2D eigenvalue weighted by Crippen LogP contribution is 2.33. The van der Waals surface area contributed by atoms with Gasteiger partial charge in [0.15, 0.2) is 5.65 Å². The van der Waals surface area contributed by atoms with Crippen molar-refractivity contribution in [3.05, 3.63) is 108 Å². The van der Waals surface area contributed by atoms with Gasteiger partial charge in [0.05, 0.1) is 35.3 Å². The number of aryl methyl sites for hydroxylation is 1. The van der Waals surface area contributed by atoms with Gasteiger partial charge in [-0.05, 0) is 71.6 Å². The first-order valence-electron chi connectivity index (χ1n) is 11.7. The summed E-state index contributed by atoms with van der Waals surface area (Å²) in [6, 6.07) is 17.3. The molecule has 188 valence electrons. The number of nitrogens with zero attached hydrogens (tertiary/aromatic N) is 4. The van der Waals surface area contributed by atoms with Crippen LogP contribution in [0, 0.1) is 11.3 Å². The third kappa shape index (κ3) is 4.84. The summed E-state index contributed by atoms with van der Waals surface area (Å²) in [6.07, 6.45) is 2.93. The minimum atomic E-state index is -4.52. The zero-order chi connectivity index (χ0) is 26.9. The molecule has 38 heavy (non-hydrogen) atoms. The van der Waals surface area contributed by atoms with Gasteiger partial charge in [0.25, 0.3) is 5.91 Å². The number of hydrogen-bond acceptors (Lipinski definition) is 4. The normalized spacial score (nSPS) is 11.3. The lowest BCUT2D eigenvalue weighted by molar-refractivity contribution is -0.137. The summed E-state index contributed by atoms with van der Waals surface area (Å²) in [5.41, 5.74) is 4.53. The van der Waals surface area contributed by atoms with Crippen LogP contribution in [0.4, 0.5) is 18.9 Å². The molecule has 0 unspecified atom stereocenters. The maximum atomic E-state index is 13.1. The van der Waals surface area contributed by atoms with Gasteiger partial charge >= 0.3 is 6.18 Å². The molecule has 5 aromatic rings. The number of halogens is 3. The van der Waals surface area contributed by atoms with Crippen LogP contribution in [0.5, 0.6) is 0 Å². The number of aromatic nitrogens is 3. The van der Waals surface area contributed by atoms with E-state index >= 15 is 0 Å². The number of anilines is 1. The van der Waals surface area contributed by atoms with Crippen molar-refractivity contribution in [3.8, 4) is 28.5 Å². The van der Waals surface area contributed by atoms with Crippen LogP contribution in [0.25, 0.3) is 28.0 Å². The molecule has 0 bridgehead atoms. The third-order valence-electron chi connectivity index (χ3n) is 6.19. The van der Waals surface area contributed by atoms with Gasteiger partial charge < -0.3 is 5.32 Å². The highest BCUT2D eigenvalue weighted by molar-refractivity contribution is 6.05. The highest BCUT2D eigenvalue weighted by Gasteiger charge is 2.30. The van der Waals surface area contributed by atoms with Gasteiger partial charge in [0.1, 0.15) is 0 Å². The Morgan fingerprint density at radius 3 is 2.63 bits per heavy atom. The number of nitriles is 1. The van der Waals surface area contributed by atoms with Crippen LogP contribution in [-0.4, -0.2) is 20.3 Å². The minimum absolute atomic E-state index is 0.0433. The van der Waals surface area contributed by atoms with Gasteiger partial charge in [-0.25, -0.2) is 4.98 Å². The molecule has 0 radical (unpaired) electrons. The second-order valence-electron chi connectivity index (χ2n) is 8.62. The van der Waals surface area contributed by atoms with Crippen LogP contribution in [0.3, 0.4) is 0 Å². The SMILES string of the molecule is CCc1ccc(C(=O)Nc2cccc(C(F)(F)F)c2)cc1-c1cc(C#N)cc(-c2cnc3cnccn23)c1. The topological polar surface area (TPSA) is 83.1 Å². The first kappa shape index (κ1) is 24.7. The molecule has 0 saturated carbocycles. The summed E-state index contributed by atoms with van der Waals surface area (Å²) in [4.78, 5) is 21.5. The van der Waals surface area contributed by atoms with Crippen molar-refractivity contribution in [2.45, 2.75) is 19.5 Å². The van der Waals surface area contributed by atoms with Crippen LogP contribution in [0.2, 0.25) is 0 Å². The van der Waals surface area contributed by atoms with E-state index in [1.54, 1.807) is 49.1 Å². The summed E-state index contributed by atoms with van der Waals surface area (Å²) in [5, 5.41) is 12.3. The Hall–Kier alpha value is -4.97. The molecule has 3 aromatic carbocycles. The van der Waals surface area contributed by atoms with E-state index in [2.05, 4.69) is 21.4 Å². The van der Waals surface area contributed by atoms with E-state index in [-0.39, 0.29) is 11.3 Å². The fourth-order valence-corrected chi connectivity index (χ4v) is 4.32. The van der Waals surface area contributed by atoms with E-state index in [1.165, 1.54) is 12.1 Å². The molecule has 1 N–H and O–H groups in total. The number of hydrogen-bond donors (Lipinski definition) is 1. The zero-order valence-electron chi connectivity index (χ0n) is 20.1. The van der Waals surface area contributed by atoms with E-state index in [0.717, 1.165) is 40.1 Å². The van der Waals surface area contributed by atoms with Gasteiger partial charge in [-0.1, -0.05) is 19.1 Å². The quantitative estimate of drug-likeness (QED) is 0.282. The van der Waals surface area contributed by atoms with Crippen LogP contribution in [0.1, 0.15) is 34.0 Å². The van der Waals surface area contributed by atoms with Crippen LogP contribution in [0.15, 0.2) is 85.5 Å². The molecule has 9 heteroatoms. The predicted molar refractivity (Wildman–Crippen MR) is 137 cm³/mol. The summed E-state index contributed by atoms with van der Waals surface area (Å²) < 4.78 is 41.1. The summed E-state index contributed by atoms with van der Waals surface area (Å²) >= 11 is 0. The van der Waals surface area contributed by atoms with E-state index in [0.29, 0.717) is 17.6 Å². The first-order valence-corrected chi connectivity index (χ1v) is 11.7. The molecule has 0 fully saturated rings. The Kier molecular flexibility index (Phi) is 6.39. The Bertz CT molecular complexity index is 1720. The van der Waals surface area contributed by atoms with E-state index < -0.39 is 17.6 Å². The average molecular weight is 512 g/mol. The molecule has 2 heterocycles. The molecule has 5 rings (SSSR count). The van der Waals surface area contributed by atoms with Crippen LogP contribution in [-0.2, 0) is 12.6 Å². The van der Waals surface area contributed by atoms with Crippen molar-refractivity contribution in [1.29, 1.82) is 5.26 Å². The molecule has 0 atom stereocenters. The van der Waals surface area contributed by atoms with E-state index in [9.17, 15) is 23.2 Å². The Morgan fingerprint density at radius 2 is 1.87 bits per heavy atom. The molecule has 0 spiro atoms. The number of rotatable bonds is 5. The lowest BCUT2D eigenvalue weighted by atomic mass is 9.92. The predicted octanol–water partition coefficient (Wildman–Crippen LogP) is 6.77. The molecule has 0 saturated heterocycles. The molecule has 0 aliphatic rings. The van der Waals surface area contributed by atoms with Gasteiger partial charge in [-0.15, -0.1) is 0 Å². The van der Waals surface area contributed by atoms with Crippen molar-refractivity contribution >= 4 is 17.2 Å². The number of fused-ring (bicyclic) bond motifs is 1. The third-order valence-corrected chi connectivity index (χ3v) is 6.19. The lowest BCUT2D eigenvalue weighted by Gasteiger charge is -2.14. The van der Waals surface area contributed by atoms with Crippen molar-refractivity contribution in [1.82, 2.24) is 14.4 Å². The molecule has 1 amide bonds. The zero-order valence-corrected chi connectivity index (χ0v) is 20.1. The standard InChI is InChI=1S/C29H20F3N5O/c1-2-19-6-7-20(28(38)36-24-5-3-4-23(14-24)29(30,31)32)13-25(19)21-10-18(15-33)11-22(12-21)26-16-35-27-17-34-8-9-37(26)27/h3-14,16-17H,2H2,1H3,(H,36,38). The minimum Gasteiger partial charge on any atom is -0.322 e. The molecular weight excluding hydrogens is 491 g/mol. The van der Waals surface area contributed by atoms with Crippen molar-refractivity contribution in [2.24, 2.45) is 0 Å². The largest absolute Gasteiger partial charge is 0.416 e. The van der Waals surface area contributed by atoms with E-state index in [1.807, 2.05) is 23.5 Å². The van der Waals surface area contributed by atoms with Crippen molar-refractivity contribution in [3.63, 3.8) is 0 Å². The molecule has 0 aliphatic heterocycles. The van der Waals surface area contributed by atoms with Gasteiger partial charge in [0, 0.05) is 29.2 Å². The number of alkyl halides is 3. The maximum Gasteiger partial charge on any atom is 0.416 e. The fourth-order valence-electron chi connectivity index (χ4n) is 4.32. The van der Waals surface area contributed by atoms with Crippen molar-refractivity contribution in [2.75, 3.05) is 5.32 Å². The molecular formula is C29H20F3N5O. The number of carbonyl (C=O) groups is 1. The summed E-state index contributed by atoms with van der Waals surface area (Å²) in [7, 11) is 0. The van der Waals surface area contributed by atoms with Crippen LogP contribution >= 0.6 is 0 Å². The Labute approximate surface area is 216 Å². The fraction of sp³-hybridized carbons (Fsp3) is 0.103. The maximum absolute atomic E-state index is 13.1. The number of imidazole rings is 1. The monoisotopic (exact) mass is 511 g/mol. The van der Waals surface area contributed by atoms with Crippen LogP contribution < -0.4 is 5.32 Å². The molecule has 0 aliphatic carbocycles. The number of nitrogens with one attached hydrogen (secondary N) is 1. The Morgan fingerprint density at radius 1 is 1.05 bits per heavy atom. The van der Waals surface area contributed by atoms with Crippen molar-refractivity contribution < 1.29 is 18.0 Å². The summed E-state index contributed by atoms with van der Waals surface area (Å²) in [6.45, 7) is 1.98. The first-order chi connectivity index (χ1) is 18.3. The second kappa shape index (κ2) is 9.82. The summed E-state index contributed by atoms with van der Waals surface area (Å²) in [5.74, 6) is -0.542. The number of benzene rings is 3.